The third-order valence-corrected chi connectivity index (χ3v) is 3.82. The van der Waals surface area contributed by atoms with Gasteiger partial charge in [0.1, 0.15) is 5.75 Å². The Kier molecular flexibility index (Phi) is 5.46. The van der Waals surface area contributed by atoms with Gasteiger partial charge in [-0.15, -0.1) is 0 Å². The Morgan fingerprint density at radius 2 is 1.50 bits per heavy atom. The first kappa shape index (κ1) is 17.8. The number of nitrogens with one attached hydrogen (secondary N) is 2. The van der Waals surface area contributed by atoms with Crippen molar-refractivity contribution in [3.63, 3.8) is 0 Å². The minimum atomic E-state index is -0.783. The number of hydrogen-bond donors (Lipinski definition) is 2. The summed E-state index contributed by atoms with van der Waals surface area (Å²) >= 11 is 6.03. The number of rotatable bonds is 3. The fraction of sp³-hybridized carbons (Fsp3) is 0.222. The van der Waals surface area contributed by atoms with Crippen LogP contribution in [0.25, 0.3) is 0 Å². The highest BCUT2D eigenvalue weighted by Gasteiger charge is 2.17. The first-order chi connectivity index (χ1) is 11.3. The summed E-state index contributed by atoms with van der Waals surface area (Å²) in [7, 11) is 1.46. The van der Waals surface area contributed by atoms with Crippen molar-refractivity contribution >= 4 is 34.8 Å². The monoisotopic (exact) mass is 346 g/mol. The number of ether oxygens (including phenoxy) is 1. The van der Waals surface area contributed by atoms with Crippen molar-refractivity contribution in [3.8, 4) is 5.75 Å². The van der Waals surface area contributed by atoms with Crippen molar-refractivity contribution in [2.24, 2.45) is 0 Å². The smallest absolute Gasteiger partial charge is 0.314 e. The predicted octanol–water partition coefficient (Wildman–Crippen LogP) is 3.85. The molecule has 0 bridgehead atoms. The molecule has 2 aromatic rings. The summed E-state index contributed by atoms with van der Waals surface area (Å²) in [5.41, 5.74) is 3.73. The lowest BCUT2D eigenvalue weighted by atomic mass is 10.1. The zero-order valence-electron chi connectivity index (χ0n) is 14.0. The van der Waals surface area contributed by atoms with E-state index in [0.717, 1.165) is 16.7 Å². The van der Waals surface area contributed by atoms with Crippen LogP contribution in [0.1, 0.15) is 16.7 Å². The summed E-state index contributed by atoms with van der Waals surface area (Å²) in [6, 6.07) is 8.82. The van der Waals surface area contributed by atoms with Gasteiger partial charge in [0.25, 0.3) is 0 Å². The van der Waals surface area contributed by atoms with E-state index < -0.39 is 11.8 Å². The van der Waals surface area contributed by atoms with Crippen LogP contribution >= 0.6 is 11.6 Å². The molecule has 0 aliphatic carbocycles. The summed E-state index contributed by atoms with van der Waals surface area (Å²) in [6.07, 6.45) is 0. The maximum absolute atomic E-state index is 12.1. The second-order valence-electron chi connectivity index (χ2n) is 5.59. The number of amides is 2. The Labute approximate surface area is 146 Å². The Bertz CT molecular complexity index is 783. The summed E-state index contributed by atoms with van der Waals surface area (Å²) in [5, 5.41) is 5.65. The quantitative estimate of drug-likeness (QED) is 0.829. The van der Waals surface area contributed by atoms with Crippen LogP contribution in [0.3, 0.4) is 0 Å². The molecule has 2 rings (SSSR count). The van der Waals surface area contributed by atoms with Crippen LogP contribution in [0.4, 0.5) is 11.4 Å². The molecule has 24 heavy (non-hydrogen) atoms. The molecule has 0 heterocycles. The molecule has 0 radical (unpaired) electrons. The van der Waals surface area contributed by atoms with E-state index in [1.165, 1.54) is 7.11 Å². The van der Waals surface area contributed by atoms with Gasteiger partial charge in [-0.1, -0.05) is 17.7 Å². The summed E-state index contributed by atoms with van der Waals surface area (Å²) < 4.78 is 5.18. The van der Waals surface area contributed by atoms with Crippen LogP contribution in [0, 0.1) is 20.8 Å². The molecular formula is C18H19ClN2O3. The fourth-order valence-corrected chi connectivity index (χ4v) is 2.50. The highest BCUT2D eigenvalue weighted by atomic mass is 35.5. The first-order valence-corrected chi connectivity index (χ1v) is 7.72. The van der Waals surface area contributed by atoms with E-state index in [0.29, 0.717) is 22.1 Å². The van der Waals surface area contributed by atoms with Gasteiger partial charge in [0.2, 0.25) is 0 Å². The van der Waals surface area contributed by atoms with E-state index >= 15 is 0 Å². The van der Waals surface area contributed by atoms with Crippen LogP contribution in [-0.2, 0) is 9.59 Å². The summed E-state index contributed by atoms with van der Waals surface area (Å²) in [4.78, 5) is 24.2. The van der Waals surface area contributed by atoms with Gasteiger partial charge in [-0.05, 0) is 55.7 Å². The lowest BCUT2D eigenvalue weighted by Crippen LogP contribution is -2.29. The second-order valence-corrected chi connectivity index (χ2v) is 5.99. The van der Waals surface area contributed by atoms with Crippen molar-refractivity contribution in [1.29, 1.82) is 0 Å². The Balaban J connectivity index is 2.14. The first-order valence-electron chi connectivity index (χ1n) is 7.35. The number of hydrogen-bond acceptors (Lipinski definition) is 3. The molecule has 0 aliphatic heterocycles. The van der Waals surface area contributed by atoms with E-state index in [-0.39, 0.29) is 0 Å². The standard InChI is InChI=1S/C18H19ClN2O3/c1-10-5-11(2)7-13(6-10)20-17(22)18(23)21-15-8-12(3)14(19)9-16(15)24-4/h5-9H,1-4H3,(H,20,22)(H,21,23). The number of anilines is 2. The van der Waals surface area contributed by atoms with Gasteiger partial charge in [-0.2, -0.15) is 0 Å². The number of carbonyl (C=O) groups excluding carboxylic acids is 2. The van der Waals surface area contributed by atoms with Gasteiger partial charge < -0.3 is 15.4 Å². The molecule has 0 unspecified atom stereocenters. The third-order valence-electron chi connectivity index (χ3n) is 3.41. The number of halogens is 1. The van der Waals surface area contributed by atoms with Crippen LogP contribution in [-0.4, -0.2) is 18.9 Å². The third kappa shape index (κ3) is 4.26. The molecule has 5 nitrogen and oxygen atoms in total. The maximum atomic E-state index is 12.1. The minimum Gasteiger partial charge on any atom is -0.495 e. The molecule has 126 valence electrons. The average Bonchev–Trinajstić information content (AvgIpc) is 2.49. The SMILES string of the molecule is COc1cc(Cl)c(C)cc1NC(=O)C(=O)Nc1cc(C)cc(C)c1. The number of methoxy groups -OCH3 is 1. The molecule has 0 spiro atoms. The van der Waals surface area contributed by atoms with Crippen LogP contribution in [0.5, 0.6) is 5.75 Å². The van der Waals surface area contributed by atoms with Gasteiger partial charge in [-0.25, -0.2) is 0 Å². The molecule has 0 aliphatic rings. The largest absolute Gasteiger partial charge is 0.495 e. The molecule has 2 N–H and O–H groups in total. The summed E-state index contributed by atoms with van der Waals surface area (Å²) in [5.74, 6) is -1.15. The van der Waals surface area contributed by atoms with E-state index in [1.54, 1.807) is 31.2 Å². The van der Waals surface area contributed by atoms with Crippen LogP contribution in [0.2, 0.25) is 5.02 Å². The molecule has 0 saturated heterocycles. The van der Waals surface area contributed by atoms with E-state index in [2.05, 4.69) is 10.6 Å². The highest BCUT2D eigenvalue weighted by Crippen LogP contribution is 2.30. The number of carbonyl (C=O) groups is 2. The lowest BCUT2D eigenvalue weighted by molar-refractivity contribution is -0.133. The molecule has 2 aromatic carbocycles. The van der Waals surface area contributed by atoms with Crippen molar-refractivity contribution in [2.45, 2.75) is 20.8 Å². The lowest BCUT2D eigenvalue weighted by Gasteiger charge is -2.12. The molecule has 0 fully saturated rings. The van der Waals surface area contributed by atoms with Gasteiger partial charge >= 0.3 is 11.8 Å². The van der Waals surface area contributed by atoms with Crippen LogP contribution < -0.4 is 15.4 Å². The molecule has 0 aromatic heterocycles. The molecule has 0 atom stereocenters. The normalized spacial score (nSPS) is 10.2. The fourth-order valence-electron chi connectivity index (χ4n) is 2.34. The highest BCUT2D eigenvalue weighted by molar-refractivity contribution is 6.43. The van der Waals surface area contributed by atoms with Crippen molar-refractivity contribution < 1.29 is 14.3 Å². The van der Waals surface area contributed by atoms with Crippen molar-refractivity contribution in [3.05, 3.63) is 52.0 Å². The maximum Gasteiger partial charge on any atom is 0.314 e. The predicted molar refractivity (Wildman–Crippen MR) is 95.9 cm³/mol. The topological polar surface area (TPSA) is 67.4 Å². The van der Waals surface area contributed by atoms with Crippen LogP contribution in [0.15, 0.2) is 30.3 Å². The molecule has 0 saturated carbocycles. The summed E-state index contributed by atoms with van der Waals surface area (Å²) in [6.45, 7) is 5.64. The number of benzene rings is 2. The van der Waals surface area contributed by atoms with Crippen molar-refractivity contribution in [1.82, 2.24) is 0 Å². The molecule has 6 heteroatoms. The van der Waals surface area contributed by atoms with E-state index in [1.807, 2.05) is 19.9 Å². The number of aryl methyl sites for hydroxylation is 3. The van der Waals surface area contributed by atoms with Gasteiger partial charge in [0.15, 0.2) is 0 Å². The zero-order chi connectivity index (χ0) is 17.9. The van der Waals surface area contributed by atoms with E-state index in [4.69, 9.17) is 16.3 Å². The van der Waals surface area contributed by atoms with E-state index in [9.17, 15) is 9.59 Å². The van der Waals surface area contributed by atoms with Gasteiger partial charge in [0, 0.05) is 16.8 Å². The average molecular weight is 347 g/mol. The second kappa shape index (κ2) is 7.36. The Morgan fingerprint density at radius 3 is 2.08 bits per heavy atom. The van der Waals surface area contributed by atoms with Crippen molar-refractivity contribution in [2.75, 3.05) is 17.7 Å². The zero-order valence-corrected chi connectivity index (χ0v) is 14.7. The molecular weight excluding hydrogens is 328 g/mol. The van der Waals surface area contributed by atoms with Gasteiger partial charge in [-0.3, -0.25) is 9.59 Å². The minimum absolute atomic E-state index is 0.387. The van der Waals surface area contributed by atoms with Gasteiger partial charge in [0.05, 0.1) is 12.8 Å². The molecule has 2 amide bonds. The Morgan fingerprint density at radius 1 is 0.917 bits per heavy atom. The Hall–Kier alpha value is -2.53.